The normalized spacial score (nSPS) is 9.31. The van der Waals surface area contributed by atoms with Crippen LogP contribution >= 0.6 is 0 Å². The summed E-state index contributed by atoms with van der Waals surface area (Å²) in [5.41, 5.74) is 0. The smallest absolute Gasteiger partial charge is 0.302 e. The van der Waals surface area contributed by atoms with E-state index in [9.17, 15) is 4.79 Å². The zero-order valence-corrected chi connectivity index (χ0v) is 7.40. The molecule has 0 aliphatic heterocycles. The number of carbonyl (C=O) groups is 1. The minimum Gasteiger partial charge on any atom is -0.474 e. The lowest BCUT2D eigenvalue weighted by molar-refractivity contribution is -0.141. The summed E-state index contributed by atoms with van der Waals surface area (Å²) in [6.07, 6.45) is 1.64. The van der Waals surface area contributed by atoms with Gasteiger partial charge in [-0.25, -0.2) is 4.98 Å². The maximum Gasteiger partial charge on any atom is 0.302 e. The molecular weight excluding hydrogens is 170 g/mol. The summed E-state index contributed by atoms with van der Waals surface area (Å²) in [4.78, 5) is 14.3. The molecule has 0 N–H and O–H groups in total. The van der Waals surface area contributed by atoms with Crippen LogP contribution < -0.4 is 4.74 Å². The number of esters is 1. The Morgan fingerprint density at radius 2 is 2.31 bits per heavy atom. The van der Waals surface area contributed by atoms with E-state index in [-0.39, 0.29) is 12.6 Å². The Hall–Kier alpha value is -1.58. The van der Waals surface area contributed by atoms with E-state index in [4.69, 9.17) is 4.74 Å². The minimum absolute atomic E-state index is 0.256. The molecule has 0 aromatic carbocycles. The first kappa shape index (κ1) is 9.51. The summed E-state index contributed by atoms with van der Waals surface area (Å²) in [7, 11) is 0. The average Bonchev–Trinajstić information content (AvgIpc) is 2.14. The van der Waals surface area contributed by atoms with E-state index < -0.39 is 0 Å². The predicted molar refractivity (Wildman–Crippen MR) is 46.4 cm³/mol. The van der Waals surface area contributed by atoms with Gasteiger partial charge in [0.15, 0.2) is 0 Å². The Bertz CT molecular complexity index is 261. The summed E-state index contributed by atoms with van der Waals surface area (Å²) in [5.74, 6) is 0.235. The fourth-order valence-electron chi connectivity index (χ4n) is 0.764. The third kappa shape index (κ3) is 4.10. The maximum atomic E-state index is 10.4. The second-order valence-electron chi connectivity index (χ2n) is 2.36. The van der Waals surface area contributed by atoms with Crippen molar-refractivity contribution in [3.63, 3.8) is 0 Å². The largest absolute Gasteiger partial charge is 0.474 e. The molecule has 4 heteroatoms. The van der Waals surface area contributed by atoms with E-state index in [1.54, 1.807) is 18.3 Å². The molecule has 0 bridgehead atoms. The van der Waals surface area contributed by atoms with Gasteiger partial charge in [0, 0.05) is 19.2 Å². The van der Waals surface area contributed by atoms with Crippen LogP contribution in [0.25, 0.3) is 0 Å². The maximum absolute atomic E-state index is 10.4. The molecule has 70 valence electrons. The summed E-state index contributed by atoms with van der Waals surface area (Å²) < 4.78 is 9.84. The Balaban J connectivity index is 2.17. The number of aromatic nitrogens is 1. The topological polar surface area (TPSA) is 48.4 Å². The highest BCUT2D eigenvalue weighted by Crippen LogP contribution is 2.02. The highest BCUT2D eigenvalue weighted by Gasteiger charge is 1.94. The lowest BCUT2D eigenvalue weighted by atomic mass is 10.5. The van der Waals surface area contributed by atoms with E-state index in [2.05, 4.69) is 9.72 Å². The van der Waals surface area contributed by atoms with Gasteiger partial charge in [-0.05, 0) is 6.07 Å². The first-order chi connectivity index (χ1) is 6.29. The highest BCUT2D eigenvalue weighted by molar-refractivity contribution is 5.65. The first-order valence-electron chi connectivity index (χ1n) is 3.96. The summed E-state index contributed by atoms with van der Waals surface area (Å²) in [6, 6.07) is 5.38. The SMILES string of the molecule is CC(=O)OCCOc1ccccn1. The molecule has 0 saturated carbocycles. The molecule has 0 spiro atoms. The van der Waals surface area contributed by atoms with Crippen molar-refractivity contribution in [1.82, 2.24) is 4.98 Å². The number of pyridine rings is 1. The fraction of sp³-hybridized carbons (Fsp3) is 0.333. The van der Waals surface area contributed by atoms with Crippen molar-refractivity contribution in [3.05, 3.63) is 24.4 Å². The van der Waals surface area contributed by atoms with E-state index in [0.717, 1.165) is 0 Å². The standard InChI is InChI=1S/C9H11NO3/c1-8(11)12-6-7-13-9-4-2-3-5-10-9/h2-5H,6-7H2,1H3. The molecular formula is C9H11NO3. The third-order valence-corrected chi connectivity index (χ3v) is 1.28. The molecule has 0 fully saturated rings. The molecule has 1 aromatic rings. The third-order valence-electron chi connectivity index (χ3n) is 1.28. The van der Waals surface area contributed by atoms with Crippen molar-refractivity contribution in [3.8, 4) is 5.88 Å². The Kier molecular flexibility index (Phi) is 3.75. The van der Waals surface area contributed by atoms with Crippen LogP contribution in [0.15, 0.2) is 24.4 Å². The van der Waals surface area contributed by atoms with Crippen LogP contribution in [-0.4, -0.2) is 24.2 Å². The zero-order chi connectivity index (χ0) is 9.52. The molecule has 4 nitrogen and oxygen atoms in total. The van der Waals surface area contributed by atoms with Gasteiger partial charge in [0.05, 0.1) is 0 Å². The van der Waals surface area contributed by atoms with Crippen molar-refractivity contribution < 1.29 is 14.3 Å². The number of carbonyl (C=O) groups excluding carboxylic acids is 1. The van der Waals surface area contributed by atoms with Crippen molar-refractivity contribution >= 4 is 5.97 Å². The number of nitrogens with zero attached hydrogens (tertiary/aromatic N) is 1. The summed E-state index contributed by atoms with van der Waals surface area (Å²) in [5, 5.41) is 0. The first-order valence-corrected chi connectivity index (χ1v) is 3.96. The molecule has 1 aromatic heterocycles. The molecule has 1 heterocycles. The zero-order valence-electron chi connectivity index (χ0n) is 7.40. The predicted octanol–water partition coefficient (Wildman–Crippen LogP) is 1.02. The van der Waals surface area contributed by atoms with Crippen LogP contribution in [0, 0.1) is 0 Å². The van der Waals surface area contributed by atoms with Gasteiger partial charge in [-0.2, -0.15) is 0 Å². The molecule has 0 unspecified atom stereocenters. The Morgan fingerprint density at radius 3 is 2.92 bits per heavy atom. The van der Waals surface area contributed by atoms with Crippen molar-refractivity contribution in [2.45, 2.75) is 6.92 Å². The molecule has 0 radical (unpaired) electrons. The van der Waals surface area contributed by atoms with Gasteiger partial charge in [0.2, 0.25) is 5.88 Å². The molecule has 13 heavy (non-hydrogen) atoms. The van der Waals surface area contributed by atoms with Crippen molar-refractivity contribution in [2.24, 2.45) is 0 Å². The fourth-order valence-corrected chi connectivity index (χ4v) is 0.764. The van der Waals surface area contributed by atoms with Gasteiger partial charge >= 0.3 is 5.97 Å². The molecule has 0 amide bonds. The van der Waals surface area contributed by atoms with Gasteiger partial charge in [0.1, 0.15) is 13.2 Å². The molecule has 1 rings (SSSR count). The van der Waals surface area contributed by atoms with Crippen LogP contribution in [0.3, 0.4) is 0 Å². The quantitative estimate of drug-likeness (QED) is 0.514. The van der Waals surface area contributed by atoms with Gasteiger partial charge in [0.25, 0.3) is 0 Å². The highest BCUT2D eigenvalue weighted by atomic mass is 16.6. The van der Waals surface area contributed by atoms with Crippen LogP contribution in [0.2, 0.25) is 0 Å². The van der Waals surface area contributed by atoms with Crippen LogP contribution in [0.1, 0.15) is 6.92 Å². The molecule has 0 atom stereocenters. The van der Waals surface area contributed by atoms with Gasteiger partial charge in [-0.1, -0.05) is 6.07 Å². The Morgan fingerprint density at radius 1 is 1.46 bits per heavy atom. The molecule has 0 saturated heterocycles. The average molecular weight is 181 g/mol. The summed E-state index contributed by atoms with van der Waals surface area (Å²) in [6.45, 7) is 1.95. The number of ether oxygens (including phenoxy) is 2. The van der Waals surface area contributed by atoms with Crippen LogP contribution in [0.4, 0.5) is 0 Å². The van der Waals surface area contributed by atoms with Gasteiger partial charge in [-0.15, -0.1) is 0 Å². The summed E-state index contributed by atoms with van der Waals surface area (Å²) >= 11 is 0. The number of hydrogen-bond donors (Lipinski definition) is 0. The Labute approximate surface area is 76.5 Å². The minimum atomic E-state index is -0.301. The monoisotopic (exact) mass is 181 g/mol. The second-order valence-corrected chi connectivity index (χ2v) is 2.36. The van der Waals surface area contributed by atoms with E-state index in [1.165, 1.54) is 6.92 Å². The van der Waals surface area contributed by atoms with E-state index in [0.29, 0.717) is 12.5 Å². The lowest BCUT2D eigenvalue weighted by Crippen LogP contribution is -2.09. The van der Waals surface area contributed by atoms with Crippen LogP contribution in [-0.2, 0) is 9.53 Å². The second kappa shape index (κ2) is 5.13. The number of hydrogen-bond acceptors (Lipinski definition) is 4. The lowest BCUT2D eigenvalue weighted by Gasteiger charge is -2.04. The van der Waals surface area contributed by atoms with E-state index >= 15 is 0 Å². The molecule has 0 aliphatic rings. The van der Waals surface area contributed by atoms with Crippen molar-refractivity contribution in [2.75, 3.05) is 13.2 Å². The number of rotatable bonds is 4. The van der Waals surface area contributed by atoms with E-state index in [1.807, 2.05) is 6.07 Å². The van der Waals surface area contributed by atoms with Gasteiger partial charge in [-0.3, -0.25) is 4.79 Å². The van der Waals surface area contributed by atoms with Crippen molar-refractivity contribution in [1.29, 1.82) is 0 Å². The molecule has 0 aliphatic carbocycles. The van der Waals surface area contributed by atoms with Gasteiger partial charge < -0.3 is 9.47 Å². The van der Waals surface area contributed by atoms with Crippen LogP contribution in [0.5, 0.6) is 5.88 Å².